The van der Waals surface area contributed by atoms with Crippen LogP contribution in [-0.2, 0) is 4.79 Å². The highest BCUT2D eigenvalue weighted by Crippen LogP contribution is 2.01. The summed E-state index contributed by atoms with van der Waals surface area (Å²) in [5.41, 5.74) is 0.222. The lowest BCUT2D eigenvalue weighted by Gasteiger charge is -2.15. The molecule has 0 aromatic rings. The Bertz CT molecular complexity index is 182. The molecule has 0 aromatic heterocycles. The van der Waals surface area contributed by atoms with Gasteiger partial charge in [-0.2, -0.15) is 11.8 Å². The summed E-state index contributed by atoms with van der Waals surface area (Å²) in [5.74, 6) is 0.0788. The van der Waals surface area contributed by atoms with Crippen LogP contribution in [0.15, 0.2) is 12.2 Å². The Labute approximate surface area is 83.6 Å². The third-order valence-corrected chi connectivity index (χ3v) is 2.50. The molecule has 0 aliphatic heterocycles. The topological polar surface area (TPSA) is 49.3 Å². The van der Waals surface area contributed by atoms with Crippen molar-refractivity contribution >= 4 is 17.7 Å². The molecule has 0 saturated carbocycles. The maximum Gasteiger partial charge on any atom is 0.332 e. The van der Waals surface area contributed by atoms with Gasteiger partial charge < -0.3 is 10.4 Å². The zero-order chi connectivity index (χ0) is 10.3. The molecule has 0 radical (unpaired) electrons. The lowest BCUT2D eigenvalue weighted by Crippen LogP contribution is -2.33. The standard InChI is InChI=1S/C9H17NO2S/c1-4-8(6-13-3)10-5-7(2)9(11)12/h8,10H,2,4-6H2,1,3H3,(H,11,12). The smallest absolute Gasteiger partial charge is 0.332 e. The van der Waals surface area contributed by atoms with Gasteiger partial charge in [-0.3, -0.25) is 0 Å². The Kier molecular flexibility index (Phi) is 6.72. The van der Waals surface area contributed by atoms with Gasteiger partial charge in [0.15, 0.2) is 0 Å². The van der Waals surface area contributed by atoms with Crippen LogP contribution in [0.25, 0.3) is 0 Å². The van der Waals surface area contributed by atoms with Gasteiger partial charge in [0.05, 0.1) is 0 Å². The van der Waals surface area contributed by atoms with E-state index in [4.69, 9.17) is 5.11 Å². The van der Waals surface area contributed by atoms with Crippen molar-refractivity contribution in [2.75, 3.05) is 18.6 Å². The van der Waals surface area contributed by atoms with E-state index in [-0.39, 0.29) is 5.57 Å². The summed E-state index contributed by atoms with van der Waals surface area (Å²) in [6.07, 6.45) is 3.05. The molecule has 0 aliphatic rings. The molecule has 0 rings (SSSR count). The van der Waals surface area contributed by atoms with Crippen LogP contribution in [0.4, 0.5) is 0 Å². The van der Waals surface area contributed by atoms with E-state index in [1.54, 1.807) is 11.8 Å². The molecule has 4 heteroatoms. The molecule has 1 atom stereocenters. The third kappa shape index (κ3) is 5.71. The van der Waals surface area contributed by atoms with Crippen molar-refractivity contribution in [1.82, 2.24) is 5.32 Å². The van der Waals surface area contributed by atoms with E-state index in [0.717, 1.165) is 12.2 Å². The third-order valence-electron chi connectivity index (χ3n) is 1.77. The maximum atomic E-state index is 10.4. The van der Waals surface area contributed by atoms with E-state index >= 15 is 0 Å². The molecule has 0 amide bonds. The Morgan fingerprint density at radius 3 is 2.69 bits per heavy atom. The Morgan fingerprint density at radius 2 is 2.31 bits per heavy atom. The van der Waals surface area contributed by atoms with Crippen LogP contribution in [0.5, 0.6) is 0 Å². The second-order valence-electron chi connectivity index (χ2n) is 2.85. The molecular formula is C9H17NO2S. The van der Waals surface area contributed by atoms with Gasteiger partial charge in [-0.15, -0.1) is 0 Å². The monoisotopic (exact) mass is 203 g/mol. The van der Waals surface area contributed by atoms with Gasteiger partial charge in [0.25, 0.3) is 0 Å². The highest BCUT2D eigenvalue weighted by molar-refractivity contribution is 7.98. The molecule has 0 fully saturated rings. The predicted molar refractivity (Wildman–Crippen MR) is 57.2 cm³/mol. The van der Waals surface area contributed by atoms with Crippen LogP contribution in [0.2, 0.25) is 0 Å². The number of aliphatic carboxylic acids is 1. The molecule has 0 aliphatic carbocycles. The van der Waals surface area contributed by atoms with Gasteiger partial charge in [0, 0.05) is 23.9 Å². The molecule has 0 aromatic carbocycles. The molecule has 1 unspecified atom stereocenters. The predicted octanol–water partition coefficient (Wildman–Crippen LogP) is 1.36. The first-order chi connectivity index (χ1) is 6.11. The average molecular weight is 203 g/mol. The second kappa shape index (κ2) is 6.97. The molecule has 0 spiro atoms. The SMILES string of the molecule is C=C(CNC(CC)CSC)C(=O)O. The molecule has 0 saturated heterocycles. The number of carboxylic acids is 1. The number of rotatable bonds is 7. The number of hydrogen-bond acceptors (Lipinski definition) is 3. The molecule has 0 heterocycles. The lowest BCUT2D eigenvalue weighted by molar-refractivity contribution is -0.132. The molecule has 2 N–H and O–H groups in total. The molecule has 76 valence electrons. The summed E-state index contributed by atoms with van der Waals surface area (Å²) in [6.45, 7) is 5.90. The van der Waals surface area contributed by atoms with Crippen molar-refractivity contribution in [3.05, 3.63) is 12.2 Å². The van der Waals surface area contributed by atoms with Crippen LogP contribution in [0, 0.1) is 0 Å². The van der Waals surface area contributed by atoms with E-state index in [1.807, 2.05) is 6.26 Å². The number of carboxylic acid groups (broad SMARTS) is 1. The average Bonchev–Trinajstić information content (AvgIpc) is 2.11. The zero-order valence-electron chi connectivity index (χ0n) is 8.17. The van der Waals surface area contributed by atoms with Crippen molar-refractivity contribution in [3.8, 4) is 0 Å². The fourth-order valence-electron chi connectivity index (χ4n) is 0.865. The van der Waals surface area contributed by atoms with Gasteiger partial charge in [-0.1, -0.05) is 13.5 Å². The first-order valence-electron chi connectivity index (χ1n) is 4.25. The van der Waals surface area contributed by atoms with E-state index in [0.29, 0.717) is 12.6 Å². The maximum absolute atomic E-state index is 10.4. The summed E-state index contributed by atoms with van der Waals surface area (Å²) in [7, 11) is 0. The Morgan fingerprint density at radius 1 is 1.69 bits per heavy atom. The fourth-order valence-corrected chi connectivity index (χ4v) is 1.62. The number of carbonyl (C=O) groups is 1. The minimum Gasteiger partial charge on any atom is -0.478 e. The quantitative estimate of drug-likeness (QED) is 0.613. The zero-order valence-corrected chi connectivity index (χ0v) is 8.99. The van der Waals surface area contributed by atoms with Gasteiger partial charge in [-0.25, -0.2) is 4.79 Å². The van der Waals surface area contributed by atoms with Crippen LogP contribution in [0.1, 0.15) is 13.3 Å². The minimum absolute atomic E-state index is 0.222. The van der Waals surface area contributed by atoms with Gasteiger partial charge in [0.1, 0.15) is 0 Å². The molecule has 13 heavy (non-hydrogen) atoms. The summed E-state index contributed by atoms with van der Waals surface area (Å²) >= 11 is 1.75. The first-order valence-corrected chi connectivity index (χ1v) is 5.64. The van der Waals surface area contributed by atoms with Crippen molar-refractivity contribution in [1.29, 1.82) is 0 Å². The van der Waals surface area contributed by atoms with E-state index in [9.17, 15) is 4.79 Å². The van der Waals surface area contributed by atoms with E-state index in [1.165, 1.54) is 0 Å². The largest absolute Gasteiger partial charge is 0.478 e. The molecule has 0 bridgehead atoms. The Balaban J connectivity index is 3.71. The fraction of sp³-hybridized carbons (Fsp3) is 0.667. The lowest BCUT2D eigenvalue weighted by atomic mass is 10.2. The highest BCUT2D eigenvalue weighted by Gasteiger charge is 2.07. The van der Waals surface area contributed by atoms with Crippen LogP contribution >= 0.6 is 11.8 Å². The van der Waals surface area contributed by atoms with E-state index in [2.05, 4.69) is 18.8 Å². The van der Waals surface area contributed by atoms with Crippen LogP contribution < -0.4 is 5.32 Å². The Hall–Kier alpha value is -0.480. The number of nitrogens with one attached hydrogen (secondary N) is 1. The molecule has 3 nitrogen and oxygen atoms in total. The van der Waals surface area contributed by atoms with E-state index < -0.39 is 5.97 Å². The summed E-state index contributed by atoms with van der Waals surface area (Å²) < 4.78 is 0. The van der Waals surface area contributed by atoms with Crippen LogP contribution in [-0.4, -0.2) is 35.7 Å². The van der Waals surface area contributed by atoms with Gasteiger partial charge >= 0.3 is 5.97 Å². The number of thioether (sulfide) groups is 1. The van der Waals surface area contributed by atoms with Crippen molar-refractivity contribution in [3.63, 3.8) is 0 Å². The van der Waals surface area contributed by atoms with Crippen molar-refractivity contribution in [2.24, 2.45) is 0 Å². The normalized spacial score (nSPS) is 12.5. The van der Waals surface area contributed by atoms with Crippen molar-refractivity contribution < 1.29 is 9.90 Å². The minimum atomic E-state index is -0.925. The van der Waals surface area contributed by atoms with Crippen LogP contribution in [0.3, 0.4) is 0 Å². The van der Waals surface area contributed by atoms with Gasteiger partial charge in [-0.05, 0) is 12.7 Å². The first kappa shape index (κ1) is 12.5. The number of hydrogen-bond donors (Lipinski definition) is 2. The van der Waals surface area contributed by atoms with Crippen molar-refractivity contribution in [2.45, 2.75) is 19.4 Å². The highest BCUT2D eigenvalue weighted by atomic mass is 32.2. The summed E-state index contributed by atoms with van der Waals surface area (Å²) in [6, 6.07) is 0.381. The molecular weight excluding hydrogens is 186 g/mol. The summed E-state index contributed by atoms with van der Waals surface area (Å²) in [4.78, 5) is 10.4. The summed E-state index contributed by atoms with van der Waals surface area (Å²) in [5, 5.41) is 11.7. The second-order valence-corrected chi connectivity index (χ2v) is 3.76. The van der Waals surface area contributed by atoms with Gasteiger partial charge in [0.2, 0.25) is 0 Å².